The fourth-order valence-electron chi connectivity index (χ4n) is 0. The number of hydrogen-bond donors (Lipinski definition) is 0. The summed E-state index contributed by atoms with van der Waals surface area (Å²) < 4.78 is 10.2. The first-order valence-corrected chi connectivity index (χ1v) is 6.47. The van der Waals surface area contributed by atoms with E-state index in [-0.39, 0.29) is 0 Å². The Balaban J connectivity index is 3.47. The van der Waals surface area contributed by atoms with Crippen molar-refractivity contribution in [2.45, 2.75) is 0 Å². The molecule has 0 N–H and O–H groups in total. The van der Waals surface area contributed by atoms with Gasteiger partial charge >= 0.3 is 42.4 Å². The van der Waals surface area contributed by atoms with Gasteiger partial charge in [-0.1, -0.05) is 0 Å². The van der Waals surface area contributed by atoms with Crippen molar-refractivity contribution in [1.29, 1.82) is 0 Å². The van der Waals surface area contributed by atoms with Crippen LogP contribution in [0.2, 0.25) is 0 Å². The van der Waals surface area contributed by atoms with Crippen LogP contribution in [-0.2, 0) is 23.9 Å². The second-order valence-corrected chi connectivity index (χ2v) is 10.2. The molecule has 0 saturated heterocycles. The molecule has 0 radical (unpaired) electrons. The second kappa shape index (κ2) is 1.58. The summed E-state index contributed by atoms with van der Waals surface area (Å²) in [4.78, 5) is 0. The molecule has 0 aromatic heterocycles. The predicted molar refractivity (Wildman–Crippen MR) is 19.5 cm³/mol. The summed E-state index contributed by atoms with van der Waals surface area (Å²) in [6, 6.07) is 0. The van der Waals surface area contributed by atoms with Crippen LogP contribution in [-0.4, -0.2) is 13.3 Å². The van der Waals surface area contributed by atoms with Crippen LogP contribution in [0.1, 0.15) is 0 Å². The van der Waals surface area contributed by atoms with Gasteiger partial charge in [-0.25, -0.2) is 0 Å². The van der Waals surface area contributed by atoms with E-state index in [0.717, 1.165) is 0 Å². The summed E-state index contributed by atoms with van der Waals surface area (Å²) in [6.45, 7) is 3.50. The maximum atomic E-state index is 10.2. The van der Waals surface area contributed by atoms with Crippen molar-refractivity contribution in [2.24, 2.45) is 0 Å². The van der Waals surface area contributed by atoms with Crippen molar-refractivity contribution < 1.29 is 23.9 Å². The first kappa shape index (κ1) is 5.92. The van der Waals surface area contributed by atoms with Gasteiger partial charge in [-0.2, -0.15) is 0 Å². The Kier molecular flexibility index (Phi) is 1.87. The fraction of sp³-hybridized carbons (Fsp3) is 1.00. The molecular formula is C2H6MoOP. The molecule has 0 aliphatic heterocycles. The summed E-state index contributed by atoms with van der Waals surface area (Å²) in [5.41, 5.74) is 0. The Labute approximate surface area is 42.9 Å². The molecule has 0 aliphatic carbocycles. The quantitative estimate of drug-likeness (QED) is 0.395. The van der Waals surface area contributed by atoms with Gasteiger partial charge in [0.05, 0.1) is 0 Å². The topological polar surface area (TPSA) is 17.1 Å². The van der Waals surface area contributed by atoms with Crippen LogP contribution in [0.15, 0.2) is 0 Å². The zero-order valence-electron chi connectivity index (χ0n) is 3.26. The standard InChI is InChI=1S/C2H6OP.Mo/c1-4(2)3;/h1-2H3;/q+1;-1. The Morgan fingerprint density at radius 2 is 1.60 bits per heavy atom. The molecule has 0 aliphatic rings. The molecule has 0 fully saturated rings. The summed E-state index contributed by atoms with van der Waals surface area (Å²) in [6.07, 6.45) is 0. The molecule has 31 valence electrons. The van der Waals surface area contributed by atoms with Crippen molar-refractivity contribution in [2.75, 3.05) is 13.3 Å². The molecule has 0 spiro atoms. The molecule has 0 heterocycles. The van der Waals surface area contributed by atoms with E-state index in [9.17, 15) is 4.57 Å². The second-order valence-electron chi connectivity index (χ2n) is 1.25. The summed E-state index contributed by atoms with van der Waals surface area (Å²) >= 11 is 1.68. The van der Waals surface area contributed by atoms with Crippen molar-refractivity contribution in [3.05, 3.63) is 0 Å². The van der Waals surface area contributed by atoms with E-state index in [2.05, 4.69) is 0 Å². The van der Waals surface area contributed by atoms with Gasteiger partial charge in [0.25, 0.3) is 0 Å². The molecule has 0 unspecified atom stereocenters. The van der Waals surface area contributed by atoms with Gasteiger partial charge in [0.2, 0.25) is 0 Å². The average molecular weight is 173 g/mol. The Bertz CT molecular complexity index is 55.8. The number of rotatable bonds is 0. The van der Waals surface area contributed by atoms with Gasteiger partial charge in [0, 0.05) is 0 Å². The van der Waals surface area contributed by atoms with Gasteiger partial charge < -0.3 is 0 Å². The molecule has 0 rings (SSSR count). The van der Waals surface area contributed by atoms with Crippen molar-refractivity contribution in [1.82, 2.24) is 0 Å². The van der Waals surface area contributed by atoms with Gasteiger partial charge in [-0.15, -0.1) is 0 Å². The van der Waals surface area contributed by atoms with Crippen molar-refractivity contribution in [3.63, 3.8) is 0 Å². The van der Waals surface area contributed by atoms with E-state index in [4.69, 9.17) is 0 Å². The van der Waals surface area contributed by atoms with Gasteiger partial charge in [0.15, 0.2) is 0 Å². The summed E-state index contributed by atoms with van der Waals surface area (Å²) in [5, 5.41) is -1.63. The van der Waals surface area contributed by atoms with Crippen LogP contribution in [0.4, 0.5) is 0 Å². The van der Waals surface area contributed by atoms with E-state index in [1.54, 1.807) is 32.6 Å². The first-order valence-electron chi connectivity index (χ1n) is 1.26. The molecule has 0 bridgehead atoms. The molecule has 3 heteroatoms. The van der Waals surface area contributed by atoms with E-state index in [1.165, 1.54) is 0 Å². The van der Waals surface area contributed by atoms with Crippen molar-refractivity contribution in [3.8, 4) is 0 Å². The van der Waals surface area contributed by atoms with Gasteiger partial charge in [0.1, 0.15) is 0 Å². The normalized spacial score (nSPS) is 11.6. The van der Waals surface area contributed by atoms with Gasteiger partial charge in [-0.3, -0.25) is 0 Å². The third-order valence-electron chi connectivity index (χ3n) is 0. The Morgan fingerprint density at radius 3 is 1.60 bits per heavy atom. The van der Waals surface area contributed by atoms with E-state index >= 15 is 0 Å². The Hall–Kier alpha value is 0.918. The summed E-state index contributed by atoms with van der Waals surface area (Å²) in [5.74, 6) is 0. The van der Waals surface area contributed by atoms with Crippen molar-refractivity contribution >= 4 is 5.23 Å². The fourth-order valence-corrected chi connectivity index (χ4v) is 0. The Morgan fingerprint density at radius 1 is 1.60 bits per heavy atom. The van der Waals surface area contributed by atoms with Crippen LogP contribution in [0.3, 0.4) is 0 Å². The minimum absolute atomic E-state index is 1.63. The molecule has 0 aromatic carbocycles. The van der Waals surface area contributed by atoms with Gasteiger partial charge in [-0.05, 0) is 0 Å². The number of hydrogen-bond acceptors (Lipinski definition) is 1. The molecule has 0 saturated carbocycles. The average Bonchev–Trinajstić information content (AvgIpc) is 0.722. The predicted octanol–water partition coefficient (Wildman–Crippen LogP) is 1.07. The first-order chi connectivity index (χ1) is 2.00. The monoisotopic (exact) mass is 175 g/mol. The SMILES string of the molecule is C[P](C)(=O)[Mo]. The van der Waals surface area contributed by atoms with E-state index in [1.807, 2.05) is 0 Å². The maximum absolute atomic E-state index is 10.2. The zero-order valence-corrected chi connectivity index (χ0v) is 6.17. The third-order valence-corrected chi connectivity index (χ3v) is 0. The van der Waals surface area contributed by atoms with Crippen LogP contribution >= 0.6 is 5.23 Å². The minimum atomic E-state index is -1.63. The zero-order chi connectivity index (χ0) is 4.50. The summed E-state index contributed by atoms with van der Waals surface area (Å²) in [7, 11) is 0. The van der Waals surface area contributed by atoms with E-state index in [0.29, 0.717) is 0 Å². The molecule has 0 aromatic rings. The molecule has 1 nitrogen and oxygen atoms in total. The van der Waals surface area contributed by atoms with Crippen LogP contribution < -0.4 is 0 Å². The molecule has 0 amide bonds. The van der Waals surface area contributed by atoms with Crippen LogP contribution in [0.25, 0.3) is 0 Å². The third kappa shape index (κ3) is 49.7. The van der Waals surface area contributed by atoms with Crippen LogP contribution in [0, 0.1) is 0 Å². The molecule has 5 heavy (non-hydrogen) atoms. The van der Waals surface area contributed by atoms with E-state index < -0.39 is 5.23 Å². The molecular weight excluding hydrogens is 167 g/mol. The van der Waals surface area contributed by atoms with Crippen LogP contribution in [0.5, 0.6) is 0 Å². The molecule has 0 atom stereocenters.